The Bertz CT molecular complexity index is 633. The van der Waals surface area contributed by atoms with Crippen LogP contribution in [0, 0.1) is 0 Å². The summed E-state index contributed by atoms with van der Waals surface area (Å²) in [6.45, 7) is 0.787. The van der Waals surface area contributed by atoms with Crippen LogP contribution in [-0.2, 0) is 14.6 Å². The molecule has 1 aromatic rings. The molecular formula is C15H20N2O3S2. The van der Waals surface area contributed by atoms with Gasteiger partial charge in [-0.15, -0.1) is 11.8 Å². The van der Waals surface area contributed by atoms with Crippen molar-refractivity contribution in [1.29, 1.82) is 0 Å². The first-order valence-electron chi connectivity index (χ1n) is 7.56. The van der Waals surface area contributed by atoms with E-state index < -0.39 is 9.84 Å². The molecule has 22 heavy (non-hydrogen) atoms. The SMILES string of the molecule is O=C(CS[C@@H]1CCS(=O)(=O)C1)N1CCC[C@H]1c1ccncc1. The second-order valence-corrected chi connectivity index (χ2v) is 9.38. The van der Waals surface area contributed by atoms with Crippen LogP contribution < -0.4 is 0 Å². The third-order valence-corrected chi connectivity index (χ3v) is 7.56. The predicted octanol–water partition coefficient (Wildman–Crippen LogP) is 1.67. The Kier molecular flexibility index (Phi) is 4.73. The largest absolute Gasteiger partial charge is 0.335 e. The summed E-state index contributed by atoms with van der Waals surface area (Å²) in [5.74, 6) is 0.983. The van der Waals surface area contributed by atoms with Crippen molar-refractivity contribution < 1.29 is 13.2 Å². The van der Waals surface area contributed by atoms with Gasteiger partial charge < -0.3 is 4.90 Å². The molecule has 1 amide bonds. The monoisotopic (exact) mass is 340 g/mol. The number of carbonyl (C=O) groups is 1. The van der Waals surface area contributed by atoms with Crippen LogP contribution in [0.5, 0.6) is 0 Å². The van der Waals surface area contributed by atoms with Gasteiger partial charge in [-0.2, -0.15) is 0 Å². The molecule has 0 spiro atoms. The summed E-state index contributed by atoms with van der Waals surface area (Å²) < 4.78 is 22.9. The van der Waals surface area contributed by atoms with Crippen LogP contribution in [0.1, 0.15) is 30.9 Å². The molecule has 7 heteroatoms. The second kappa shape index (κ2) is 6.58. The number of hydrogen-bond donors (Lipinski definition) is 0. The summed E-state index contributed by atoms with van der Waals surface area (Å²) in [4.78, 5) is 18.4. The molecule has 2 aliphatic heterocycles. The van der Waals surface area contributed by atoms with Gasteiger partial charge in [0.2, 0.25) is 5.91 Å². The Hall–Kier alpha value is -1.08. The Balaban J connectivity index is 1.58. The van der Waals surface area contributed by atoms with E-state index in [-0.39, 0.29) is 28.7 Å². The summed E-state index contributed by atoms with van der Waals surface area (Å²) in [5.41, 5.74) is 1.13. The fraction of sp³-hybridized carbons (Fsp3) is 0.600. The average Bonchev–Trinajstić information content (AvgIpc) is 3.12. The zero-order chi connectivity index (χ0) is 15.6. The molecule has 2 fully saturated rings. The third-order valence-electron chi connectivity index (χ3n) is 4.30. The van der Waals surface area contributed by atoms with Crippen LogP contribution in [0.2, 0.25) is 0 Å². The number of hydrogen-bond acceptors (Lipinski definition) is 5. The Morgan fingerprint density at radius 2 is 2.09 bits per heavy atom. The lowest BCUT2D eigenvalue weighted by Crippen LogP contribution is -2.32. The van der Waals surface area contributed by atoms with Crippen LogP contribution in [0.15, 0.2) is 24.5 Å². The van der Waals surface area contributed by atoms with Gasteiger partial charge in [-0.3, -0.25) is 9.78 Å². The van der Waals surface area contributed by atoms with Gasteiger partial charge in [-0.1, -0.05) is 0 Å². The number of thioether (sulfide) groups is 1. The van der Waals surface area contributed by atoms with Crippen LogP contribution in [0.25, 0.3) is 0 Å². The van der Waals surface area contributed by atoms with E-state index >= 15 is 0 Å². The number of rotatable bonds is 4. The van der Waals surface area contributed by atoms with Crippen LogP contribution in [0.4, 0.5) is 0 Å². The maximum atomic E-state index is 12.5. The van der Waals surface area contributed by atoms with Crippen molar-refractivity contribution in [3.05, 3.63) is 30.1 Å². The van der Waals surface area contributed by atoms with Crippen LogP contribution in [-0.4, -0.2) is 53.3 Å². The molecule has 2 atom stereocenters. The van der Waals surface area contributed by atoms with E-state index in [9.17, 15) is 13.2 Å². The van der Waals surface area contributed by atoms with E-state index in [1.165, 1.54) is 11.8 Å². The molecule has 2 aliphatic rings. The smallest absolute Gasteiger partial charge is 0.233 e. The number of sulfone groups is 1. The van der Waals surface area contributed by atoms with Crippen molar-refractivity contribution in [2.75, 3.05) is 23.8 Å². The number of carbonyl (C=O) groups excluding carboxylic acids is 1. The van der Waals surface area contributed by atoms with Gasteiger partial charge in [-0.25, -0.2) is 8.42 Å². The summed E-state index contributed by atoms with van der Waals surface area (Å²) in [5, 5.41) is 0.0796. The van der Waals surface area contributed by atoms with Crippen molar-refractivity contribution >= 4 is 27.5 Å². The number of nitrogens with zero attached hydrogens (tertiary/aromatic N) is 2. The van der Waals surface area contributed by atoms with Gasteiger partial charge in [0, 0.05) is 24.2 Å². The van der Waals surface area contributed by atoms with Crippen molar-refractivity contribution in [2.24, 2.45) is 0 Å². The molecule has 2 saturated heterocycles. The van der Waals surface area contributed by atoms with E-state index in [1.54, 1.807) is 12.4 Å². The van der Waals surface area contributed by atoms with E-state index in [0.29, 0.717) is 12.2 Å². The van der Waals surface area contributed by atoms with Crippen LogP contribution in [0.3, 0.4) is 0 Å². The molecule has 0 radical (unpaired) electrons. The fourth-order valence-electron chi connectivity index (χ4n) is 3.16. The van der Waals surface area contributed by atoms with Crippen molar-refractivity contribution in [3.63, 3.8) is 0 Å². The van der Waals surface area contributed by atoms with Gasteiger partial charge >= 0.3 is 0 Å². The maximum absolute atomic E-state index is 12.5. The average molecular weight is 340 g/mol. The molecule has 0 unspecified atom stereocenters. The highest BCUT2D eigenvalue weighted by atomic mass is 32.2. The molecule has 1 aromatic heterocycles. The van der Waals surface area contributed by atoms with Crippen molar-refractivity contribution in [3.8, 4) is 0 Å². The number of pyridine rings is 1. The molecule has 0 N–H and O–H groups in total. The first-order chi connectivity index (χ1) is 10.6. The summed E-state index contributed by atoms with van der Waals surface area (Å²) >= 11 is 1.50. The molecule has 3 heterocycles. The van der Waals surface area contributed by atoms with Crippen molar-refractivity contribution in [2.45, 2.75) is 30.6 Å². The van der Waals surface area contributed by atoms with Gasteiger partial charge in [0.25, 0.3) is 0 Å². The molecule has 5 nitrogen and oxygen atoms in total. The zero-order valence-corrected chi connectivity index (χ0v) is 14.0. The molecule has 0 aromatic carbocycles. The van der Waals surface area contributed by atoms with Gasteiger partial charge in [0.1, 0.15) is 0 Å². The minimum atomic E-state index is -2.87. The fourth-order valence-corrected chi connectivity index (χ4v) is 6.69. The minimum Gasteiger partial charge on any atom is -0.335 e. The molecule has 0 aliphatic carbocycles. The van der Waals surface area contributed by atoms with E-state index in [4.69, 9.17) is 0 Å². The second-order valence-electron chi connectivity index (χ2n) is 5.86. The predicted molar refractivity (Wildman–Crippen MR) is 87.4 cm³/mol. The summed E-state index contributed by atoms with van der Waals surface area (Å²) in [6, 6.07) is 4.07. The van der Waals surface area contributed by atoms with Gasteiger partial charge in [0.15, 0.2) is 9.84 Å². The maximum Gasteiger partial charge on any atom is 0.233 e. The normalized spacial score (nSPS) is 27.2. The quantitative estimate of drug-likeness (QED) is 0.834. The standard InChI is InChI=1S/C15H20N2O3S2/c18-15(10-21-13-5-9-22(19,20)11-13)17-8-1-2-14(17)12-3-6-16-7-4-12/h3-4,6-7,13-14H,1-2,5,8-11H2/t13-,14+/m1/s1. The van der Waals surface area contributed by atoms with Crippen LogP contribution >= 0.6 is 11.8 Å². The lowest BCUT2D eigenvalue weighted by molar-refractivity contribution is -0.129. The minimum absolute atomic E-state index is 0.0796. The first-order valence-corrected chi connectivity index (χ1v) is 10.4. The first kappa shape index (κ1) is 15.8. The lowest BCUT2D eigenvalue weighted by Gasteiger charge is -2.25. The van der Waals surface area contributed by atoms with Gasteiger partial charge in [0.05, 0.1) is 23.3 Å². The highest BCUT2D eigenvalue weighted by Crippen LogP contribution is 2.33. The third kappa shape index (κ3) is 3.63. The molecule has 120 valence electrons. The Morgan fingerprint density at radius 3 is 2.77 bits per heavy atom. The number of aromatic nitrogens is 1. The highest BCUT2D eigenvalue weighted by Gasteiger charge is 2.32. The lowest BCUT2D eigenvalue weighted by atomic mass is 10.1. The molecular weight excluding hydrogens is 320 g/mol. The molecule has 0 saturated carbocycles. The van der Waals surface area contributed by atoms with E-state index in [2.05, 4.69) is 4.98 Å². The zero-order valence-electron chi connectivity index (χ0n) is 12.3. The Morgan fingerprint density at radius 1 is 1.32 bits per heavy atom. The number of likely N-dealkylation sites (tertiary alicyclic amines) is 1. The topological polar surface area (TPSA) is 67.3 Å². The molecule has 0 bridgehead atoms. The number of amides is 1. The highest BCUT2D eigenvalue weighted by molar-refractivity contribution is 8.02. The Labute approximate surface area is 135 Å². The van der Waals surface area contributed by atoms with Crippen molar-refractivity contribution in [1.82, 2.24) is 9.88 Å². The summed E-state index contributed by atoms with van der Waals surface area (Å²) in [6.07, 6.45) is 6.19. The van der Waals surface area contributed by atoms with E-state index in [0.717, 1.165) is 24.9 Å². The molecule has 3 rings (SSSR count). The van der Waals surface area contributed by atoms with Gasteiger partial charge in [-0.05, 0) is 37.0 Å². The van der Waals surface area contributed by atoms with E-state index in [1.807, 2.05) is 17.0 Å². The summed E-state index contributed by atoms with van der Waals surface area (Å²) in [7, 11) is -2.87.